The number of pyridine rings is 1. The van der Waals surface area contributed by atoms with Crippen molar-refractivity contribution in [3.8, 4) is 17.1 Å². The Bertz CT molecular complexity index is 1090. The molecule has 7 nitrogen and oxygen atoms in total. The predicted octanol–water partition coefficient (Wildman–Crippen LogP) is 2.80. The number of carbonyl (C=O) groups excluding carboxylic acids is 1. The van der Waals surface area contributed by atoms with Gasteiger partial charge in [0.05, 0.1) is 24.6 Å². The highest BCUT2D eigenvalue weighted by molar-refractivity contribution is 5.95. The summed E-state index contributed by atoms with van der Waals surface area (Å²) in [5.74, 6) is -0.459. The average molecular weight is 406 g/mol. The first kappa shape index (κ1) is 20.2. The summed E-state index contributed by atoms with van der Waals surface area (Å²) in [5, 5.41) is 6.09. The van der Waals surface area contributed by atoms with Crippen molar-refractivity contribution in [3.63, 3.8) is 0 Å². The van der Waals surface area contributed by atoms with Crippen LogP contribution in [0.4, 0.5) is 13.2 Å². The van der Waals surface area contributed by atoms with Gasteiger partial charge in [-0.2, -0.15) is 18.3 Å². The number of amides is 1. The van der Waals surface area contributed by atoms with E-state index in [9.17, 15) is 22.8 Å². The van der Waals surface area contributed by atoms with Crippen molar-refractivity contribution in [2.24, 2.45) is 0 Å². The molecule has 0 saturated carbocycles. The Balaban J connectivity index is 2.02. The summed E-state index contributed by atoms with van der Waals surface area (Å²) in [6, 6.07) is 8.62. The molecule has 1 amide bonds. The molecule has 0 bridgehead atoms. The molecule has 2 aromatic heterocycles. The number of ether oxygens (including phenoxy) is 1. The van der Waals surface area contributed by atoms with Gasteiger partial charge in [0.25, 0.3) is 11.5 Å². The second kappa shape index (κ2) is 7.82. The number of hydrogen-bond acceptors (Lipinski definition) is 4. The van der Waals surface area contributed by atoms with Crippen molar-refractivity contribution in [1.82, 2.24) is 19.7 Å². The Kier molecular flexibility index (Phi) is 5.44. The topological polar surface area (TPSA) is 78.2 Å². The van der Waals surface area contributed by atoms with Gasteiger partial charge in [0, 0.05) is 24.5 Å². The SMILES string of the molecule is CCNC(=O)c1cnn(-c2ccc(-n3ccc(OC)cc3=O)cc2)c1C(F)(F)F. The minimum atomic E-state index is -4.79. The lowest BCUT2D eigenvalue weighted by atomic mass is 10.2. The summed E-state index contributed by atoms with van der Waals surface area (Å²) >= 11 is 0. The number of hydrogen-bond donors (Lipinski definition) is 1. The van der Waals surface area contributed by atoms with Crippen LogP contribution in [0.1, 0.15) is 23.0 Å². The van der Waals surface area contributed by atoms with Gasteiger partial charge in [-0.05, 0) is 37.3 Å². The van der Waals surface area contributed by atoms with E-state index in [4.69, 9.17) is 4.74 Å². The number of alkyl halides is 3. The normalized spacial score (nSPS) is 11.3. The number of aromatic nitrogens is 3. The quantitative estimate of drug-likeness (QED) is 0.707. The Morgan fingerprint density at radius 2 is 1.83 bits per heavy atom. The van der Waals surface area contributed by atoms with Gasteiger partial charge in [-0.15, -0.1) is 0 Å². The van der Waals surface area contributed by atoms with Crippen LogP contribution in [0.15, 0.2) is 53.6 Å². The number of benzene rings is 1. The van der Waals surface area contributed by atoms with Gasteiger partial charge in [-0.1, -0.05) is 0 Å². The number of rotatable bonds is 5. The van der Waals surface area contributed by atoms with Crippen LogP contribution in [0.2, 0.25) is 0 Å². The van der Waals surface area contributed by atoms with Gasteiger partial charge in [0.2, 0.25) is 0 Å². The first-order valence-corrected chi connectivity index (χ1v) is 8.57. The summed E-state index contributed by atoms with van der Waals surface area (Å²) < 4.78 is 47.8. The van der Waals surface area contributed by atoms with Crippen LogP contribution < -0.4 is 15.6 Å². The van der Waals surface area contributed by atoms with Gasteiger partial charge in [-0.3, -0.25) is 14.2 Å². The molecular formula is C19H17F3N4O3. The van der Waals surface area contributed by atoms with Crippen molar-refractivity contribution >= 4 is 5.91 Å². The Labute approximate surface area is 163 Å². The van der Waals surface area contributed by atoms with Crippen LogP contribution in [0.5, 0.6) is 5.75 Å². The molecule has 1 N–H and O–H groups in total. The van der Waals surface area contributed by atoms with Crippen LogP contribution in [0, 0.1) is 0 Å². The van der Waals surface area contributed by atoms with Gasteiger partial charge < -0.3 is 10.1 Å². The number of carbonyl (C=O) groups is 1. The van der Waals surface area contributed by atoms with Crippen LogP contribution >= 0.6 is 0 Å². The third kappa shape index (κ3) is 4.00. The summed E-state index contributed by atoms with van der Waals surface area (Å²) in [6.07, 6.45) is -2.41. The Hall–Kier alpha value is -3.56. The fraction of sp³-hybridized carbons (Fsp3) is 0.211. The van der Waals surface area contributed by atoms with Crippen LogP contribution in [-0.2, 0) is 6.18 Å². The molecule has 0 saturated heterocycles. The number of methoxy groups -OCH3 is 1. The molecule has 0 aliphatic rings. The highest BCUT2D eigenvalue weighted by atomic mass is 19.4. The maximum absolute atomic E-state index is 13.6. The van der Waals surface area contributed by atoms with E-state index in [1.807, 2.05) is 0 Å². The fourth-order valence-corrected chi connectivity index (χ4v) is 2.79. The monoisotopic (exact) mass is 406 g/mol. The lowest BCUT2D eigenvalue weighted by Crippen LogP contribution is -2.26. The van der Waals surface area contributed by atoms with Gasteiger partial charge in [0.1, 0.15) is 5.75 Å². The molecule has 3 rings (SSSR count). The molecule has 2 heterocycles. The molecule has 0 radical (unpaired) electrons. The standard InChI is InChI=1S/C19H17F3N4O3/c1-3-23-18(28)15-11-24-26(17(15)19(20,21)22)13-6-4-12(5-7-13)25-9-8-14(29-2)10-16(25)27/h4-11H,3H2,1-2H3,(H,23,28). The number of nitrogens with zero attached hydrogens (tertiary/aromatic N) is 3. The molecule has 0 aliphatic carbocycles. The molecule has 152 valence electrons. The molecule has 10 heteroatoms. The summed E-state index contributed by atoms with van der Waals surface area (Å²) in [4.78, 5) is 24.1. The van der Waals surface area contributed by atoms with Gasteiger partial charge in [0.15, 0.2) is 5.69 Å². The molecule has 0 atom stereocenters. The van der Waals surface area contributed by atoms with Crippen molar-refractivity contribution < 1.29 is 22.7 Å². The third-order valence-corrected chi connectivity index (χ3v) is 4.12. The number of halogens is 3. The van der Waals surface area contributed by atoms with E-state index in [2.05, 4.69) is 10.4 Å². The molecule has 29 heavy (non-hydrogen) atoms. The maximum Gasteiger partial charge on any atom is 0.434 e. The second-order valence-electron chi connectivity index (χ2n) is 5.97. The highest BCUT2D eigenvalue weighted by Crippen LogP contribution is 2.33. The minimum absolute atomic E-state index is 0.0955. The van der Waals surface area contributed by atoms with Crippen molar-refractivity contribution in [1.29, 1.82) is 0 Å². The maximum atomic E-state index is 13.6. The zero-order valence-corrected chi connectivity index (χ0v) is 15.5. The molecular weight excluding hydrogens is 389 g/mol. The van der Waals surface area contributed by atoms with E-state index in [1.165, 1.54) is 48.2 Å². The van der Waals surface area contributed by atoms with Crippen molar-refractivity contribution in [3.05, 3.63) is 70.4 Å². The van der Waals surface area contributed by atoms with Gasteiger partial charge in [-0.25, -0.2) is 4.68 Å². The molecule has 0 aliphatic heterocycles. The molecule has 3 aromatic rings. The first-order valence-electron chi connectivity index (χ1n) is 8.57. The zero-order valence-electron chi connectivity index (χ0n) is 15.5. The van der Waals surface area contributed by atoms with Crippen molar-refractivity contribution in [2.45, 2.75) is 13.1 Å². The zero-order chi connectivity index (χ0) is 21.2. The van der Waals surface area contributed by atoms with Crippen molar-refractivity contribution in [2.75, 3.05) is 13.7 Å². The van der Waals surface area contributed by atoms with Gasteiger partial charge >= 0.3 is 6.18 Å². The molecule has 0 fully saturated rings. The van der Waals surface area contributed by atoms with E-state index in [0.29, 0.717) is 16.1 Å². The van der Waals surface area contributed by atoms with Crippen LogP contribution in [0.3, 0.4) is 0 Å². The smallest absolute Gasteiger partial charge is 0.434 e. The second-order valence-corrected chi connectivity index (χ2v) is 5.97. The first-order chi connectivity index (χ1) is 13.8. The average Bonchev–Trinajstić information content (AvgIpc) is 3.14. The largest absolute Gasteiger partial charge is 0.497 e. The molecule has 1 aromatic carbocycles. The summed E-state index contributed by atoms with van der Waals surface area (Å²) in [6.45, 7) is 1.79. The molecule has 0 spiro atoms. The number of nitrogens with one attached hydrogen (secondary N) is 1. The lowest BCUT2D eigenvalue weighted by molar-refractivity contribution is -0.143. The van der Waals surface area contributed by atoms with Crippen LogP contribution in [0.25, 0.3) is 11.4 Å². The van der Waals surface area contributed by atoms with Crippen LogP contribution in [-0.4, -0.2) is 33.9 Å². The van der Waals surface area contributed by atoms with E-state index in [-0.39, 0.29) is 17.8 Å². The predicted molar refractivity (Wildman–Crippen MR) is 98.7 cm³/mol. The Morgan fingerprint density at radius 1 is 1.17 bits per heavy atom. The lowest BCUT2D eigenvalue weighted by Gasteiger charge is -2.13. The summed E-state index contributed by atoms with van der Waals surface area (Å²) in [7, 11) is 1.44. The molecule has 0 unspecified atom stereocenters. The minimum Gasteiger partial charge on any atom is -0.497 e. The fourth-order valence-electron chi connectivity index (χ4n) is 2.79. The summed E-state index contributed by atoms with van der Waals surface area (Å²) in [5.41, 5.74) is -1.54. The van der Waals surface area contributed by atoms with E-state index in [1.54, 1.807) is 13.0 Å². The Morgan fingerprint density at radius 3 is 2.38 bits per heavy atom. The third-order valence-electron chi connectivity index (χ3n) is 4.12. The van der Waals surface area contributed by atoms with E-state index < -0.39 is 23.3 Å². The highest BCUT2D eigenvalue weighted by Gasteiger charge is 2.40. The van der Waals surface area contributed by atoms with E-state index >= 15 is 0 Å². The van der Waals surface area contributed by atoms with E-state index in [0.717, 1.165) is 6.20 Å².